The Labute approximate surface area is 166 Å². The largest absolute Gasteiger partial charge is 0.351 e. The van der Waals surface area contributed by atoms with E-state index in [2.05, 4.69) is 38.2 Å². The van der Waals surface area contributed by atoms with E-state index in [0.717, 1.165) is 11.1 Å². The number of benzene rings is 1. The van der Waals surface area contributed by atoms with Gasteiger partial charge in [0.05, 0.1) is 23.9 Å². The Bertz CT molecular complexity index is 1040. The van der Waals surface area contributed by atoms with Gasteiger partial charge in [0.25, 0.3) is 0 Å². The average molecular weight is 396 g/mol. The summed E-state index contributed by atoms with van der Waals surface area (Å²) in [6.45, 7) is 7.54. The van der Waals surface area contributed by atoms with Crippen LogP contribution in [-0.4, -0.2) is 43.7 Å². The summed E-state index contributed by atoms with van der Waals surface area (Å²) in [5.74, 6) is -4.32. The number of H-pyrrole nitrogens is 1. The molecular weight excluding hydrogens is 378 g/mol. The standard InChI is InChI=1S/C19H18F2N8/c1-12-7-8-17(19(20,21)18-24-27-28-25-18)23-11-29(26-14(12)3)10-16-13(2)5-4-6-15(16)9-22/h4-8H,1,10-11H2,2-3H3,(H,24,25,27,28)/b8-7-,23-17?,26-14?. The van der Waals surface area contributed by atoms with Gasteiger partial charge in [-0.3, -0.25) is 10.0 Å². The van der Waals surface area contributed by atoms with E-state index in [9.17, 15) is 14.0 Å². The monoisotopic (exact) mass is 396 g/mol. The zero-order chi connectivity index (χ0) is 21.0. The van der Waals surface area contributed by atoms with Crippen molar-refractivity contribution in [2.24, 2.45) is 10.1 Å². The summed E-state index contributed by atoms with van der Waals surface area (Å²) in [4.78, 5) is 4.06. The van der Waals surface area contributed by atoms with Crippen LogP contribution in [0.25, 0.3) is 0 Å². The molecule has 1 aliphatic rings. The first kappa shape index (κ1) is 20.0. The highest BCUT2D eigenvalue weighted by Gasteiger charge is 2.41. The number of allylic oxidation sites excluding steroid dienone is 3. The summed E-state index contributed by atoms with van der Waals surface area (Å²) >= 11 is 0. The Morgan fingerprint density at radius 2 is 2.10 bits per heavy atom. The molecule has 29 heavy (non-hydrogen) atoms. The fourth-order valence-electron chi connectivity index (χ4n) is 2.72. The lowest BCUT2D eigenvalue weighted by atomic mass is 10.0. The number of aromatic nitrogens is 4. The lowest BCUT2D eigenvalue weighted by Gasteiger charge is -2.21. The number of halogens is 2. The number of hydrogen-bond acceptors (Lipinski definition) is 7. The Morgan fingerprint density at radius 3 is 2.79 bits per heavy atom. The average Bonchev–Trinajstić information content (AvgIpc) is 3.25. The predicted octanol–water partition coefficient (Wildman–Crippen LogP) is 2.87. The fraction of sp³-hybridized carbons (Fsp3) is 0.263. The maximum absolute atomic E-state index is 14.8. The first-order valence-corrected chi connectivity index (χ1v) is 8.65. The van der Waals surface area contributed by atoms with Crippen molar-refractivity contribution >= 4 is 11.4 Å². The Morgan fingerprint density at radius 1 is 1.31 bits per heavy atom. The van der Waals surface area contributed by atoms with E-state index in [0.29, 0.717) is 16.8 Å². The van der Waals surface area contributed by atoms with Crippen LogP contribution < -0.4 is 0 Å². The predicted molar refractivity (Wildman–Crippen MR) is 103 cm³/mol. The van der Waals surface area contributed by atoms with E-state index in [-0.39, 0.29) is 13.2 Å². The highest BCUT2D eigenvalue weighted by Crippen LogP contribution is 2.28. The van der Waals surface area contributed by atoms with Gasteiger partial charge in [0.2, 0.25) is 5.82 Å². The van der Waals surface area contributed by atoms with Crippen molar-refractivity contribution < 1.29 is 8.78 Å². The summed E-state index contributed by atoms with van der Waals surface area (Å²) in [5.41, 5.74) is 2.61. The van der Waals surface area contributed by atoms with Crippen LogP contribution in [0, 0.1) is 18.3 Å². The number of nitrogens with one attached hydrogen (secondary N) is 1. The normalized spacial score (nSPS) is 16.2. The lowest BCUT2D eigenvalue weighted by molar-refractivity contribution is 0.0659. The second-order valence-electron chi connectivity index (χ2n) is 6.42. The molecular formula is C19H18F2N8. The SMILES string of the molecule is C=C1/C=C\C(C(F)(F)c2nn[nH]n2)=NCN(Cc2c(C)cccc2C#N)N=C1C. The van der Waals surface area contributed by atoms with E-state index in [1.807, 2.05) is 18.2 Å². The molecule has 0 saturated carbocycles. The number of hydrogen-bond donors (Lipinski definition) is 1. The van der Waals surface area contributed by atoms with Crippen molar-refractivity contribution in [2.75, 3.05) is 6.67 Å². The van der Waals surface area contributed by atoms with Crippen molar-refractivity contribution in [3.8, 4) is 6.07 Å². The molecule has 0 radical (unpaired) electrons. The van der Waals surface area contributed by atoms with E-state index in [4.69, 9.17) is 0 Å². The van der Waals surface area contributed by atoms with E-state index < -0.39 is 17.5 Å². The molecule has 0 amide bonds. The molecule has 0 unspecified atom stereocenters. The number of tetrazole rings is 1. The molecule has 2 heterocycles. The second kappa shape index (κ2) is 8.10. The van der Waals surface area contributed by atoms with Crippen molar-refractivity contribution in [3.05, 3.63) is 65.0 Å². The van der Waals surface area contributed by atoms with Gasteiger partial charge in [-0.25, -0.2) is 0 Å². The lowest BCUT2D eigenvalue weighted by Crippen LogP contribution is -2.28. The molecule has 0 atom stereocenters. The molecule has 2 aromatic rings. The summed E-state index contributed by atoms with van der Waals surface area (Å²) in [6.07, 6.45) is 2.60. The third-order valence-corrected chi connectivity index (χ3v) is 4.42. The van der Waals surface area contributed by atoms with Gasteiger partial charge in [-0.2, -0.15) is 24.4 Å². The van der Waals surface area contributed by atoms with Crippen LogP contribution in [0.1, 0.15) is 29.4 Å². The van der Waals surface area contributed by atoms with E-state index >= 15 is 0 Å². The van der Waals surface area contributed by atoms with Crippen molar-refractivity contribution in [3.63, 3.8) is 0 Å². The molecule has 0 fully saturated rings. The fourth-order valence-corrected chi connectivity index (χ4v) is 2.72. The summed E-state index contributed by atoms with van der Waals surface area (Å²) in [5, 5.41) is 27.3. The molecule has 0 aliphatic carbocycles. The van der Waals surface area contributed by atoms with Gasteiger partial charge in [0.15, 0.2) is 0 Å². The van der Waals surface area contributed by atoms with Crippen molar-refractivity contribution in [1.29, 1.82) is 5.26 Å². The molecule has 0 bridgehead atoms. The Balaban J connectivity index is 1.98. The molecule has 1 aromatic carbocycles. The molecule has 0 spiro atoms. The minimum Gasteiger partial charge on any atom is -0.271 e. The number of nitriles is 1. The van der Waals surface area contributed by atoms with Gasteiger partial charge in [0.1, 0.15) is 12.4 Å². The number of alkyl halides is 2. The quantitative estimate of drug-likeness (QED) is 0.855. The third-order valence-electron chi connectivity index (χ3n) is 4.42. The zero-order valence-corrected chi connectivity index (χ0v) is 15.9. The topological polar surface area (TPSA) is 106 Å². The number of aliphatic imine (C=N–C) groups is 1. The molecule has 0 saturated heterocycles. The minimum absolute atomic E-state index is 0.156. The first-order valence-electron chi connectivity index (χ1n) is 8.65. The van der Waals surface area contributed by atoms with Gasteiger partial charge < -0.3 is 0 Å². The summed E-state index contributed by atoms with van der Waals surface area (Å²) < 4.78 is 29.6. The summed E-state index contributed by atoms with van der Waals surface area (Å²) in [6, 6.07) is 7.52. The first-order chi connectivity index (χ1) is 13.8. The third kappa shape index (κ3) is 4.24. The number of hydrazone groups is 1. The van der Waals surface area contributed by atoms with Crippen LogP contribution in [0.15, 0.2) is 52.6 Å². The van der Waals surface area contributed by atoms with Crippen LogP contribution in [0.4, 0.5) is 8.78 Å². The Kier molecular flexibility index (Phi) is 5.59. The van der Waals surface area contributed by atoms with Crippen LogP contribution in [0.3, 0.4) is 0 Å². The van der Waals surface area contributed by atoms with Crippen LogP contribution in [0.2, 0.25) is 0 Å². The van der Waals surface area contributed by atoms with Gasteiger partial charge in [-0.15, -0.1) is 10.2 Å². The highest BCUT2D eigenvalue weighted by molar-refractivity contribution is 6.05. The van der Waals surface area contributed by atoms with Gasteiger partial charge in [-0.1, -0.05) is 24.8 Å². The van der Waals surface area contributed by atoms with Crippen LogP contribution >= 0.6 is 0 Å². The number of aromatic amines is 1. The van der Waals surface area contributed by atoms with Gasteiger partial charge >= 0.3 is 5.92 Å². The number of rotatable bonds is 4. The van der Waals surface area contributed by atoms with Gasteiger partial charge in [0, 0.05) is 0 Å². The highest BCUT2D eigenvalue weighted by atomic mass is 19.3. The zero-order valence-electron chi connectivity index (χ0n) is 15.9. The van der Waals surface area contributed by atoms with Crippen molar-refractivity contribution in [2.45, 2.75) is 26.3 Å². The molecule has 8 nitrogen and oxygen atoms in total. The maximum Gasteiger partial charge on any atom is 0.351 e. The second-order valence-corrected chi connectivity index (χ2v) is 6.42. The number of nitrogens with zero attached hydrogens (tertiary/aromatic N) is 7. The maximum atomic E-state index is 14.8. The molecule has 10 heteroatoms. The summed E-state index contributed by atoms with van der Waals surface area (Å²) in [7, 11) is 0. The van der Waals surface area contributed by atoms with E-state index in [1.165, 1.54) is 17.2 Å². The Hall–Kier alpha value is -3.74. The molecule has 3 rings (SSSR count). The molecule has 1 N–H and O–H groups in total. The molecule has 1 aliphatic heterocycles. The van der Waals surface area contributed by atoms with Crippen LogP contribution in [-0.2, 0) is 12.5 Å². The molecule has 148 valence electrons. The molecule has 1 aromatic heterocycles. The minimum atomic E-state index is -3.55. The van der Waals surface area contributed by atoms with Crippen molar-refractivity contribution in [1.82, 2.24) is 25.6 Å². The number of aryl methyl sites for hydroxylation is 1. The van der Waals surface area contributed by atoms with Crippen LogP contribution in [0.5, 0.6) is 0 Å². The van der Waals surface area contributed by atoms with E-state index in [1.54, 1.807) is 19.1 Å². The van der Waals surface area contributed by atoms with Gasteiger partial charge in [-0.05, 0) is 47.9 Å². The smallest absolute Gasteiger partial charge is 0.271 e.